The lowest BCUT2D eigenvalue weighted by molar-refractivity contribution is 1.34. The zero-order chi connectivity index (χ0) is 9.97. The Labute approximate surface area is 91.2 Å². The number of pyridine rings is 1. The Morgan fingerprint density at radius 1 is 1.00 bits per heavy atom. The number of nitrogens with zero attached hydrogens (tertiary/aromatic N) is 1. The highest BCUT2D eigenvalue weighted by Gasteiger charge is 2.01. The Balaban J connectivity index is 2.55. The van der Waals surface area contributed by atoms with Gasteiger partial charge in [0.25, 0.3) is 0 Å². The minimum absolute atomic E-state index is 0.944. The van der Waals surface area contributed by atoms with Crippen molar-refractivity contribution in [2.75, 3.05) is 0 Å². The van der Waals surface area contributed by atoms with Gasteiger partial charge >= 0.3 is 0 Å². The summed E-state index contributed by atoms with van der Waals surface area (Å²) >= 11 is 4.40. The first kappa shape index (κ1) is 9.70. The van der Waals surface area contributed by atoms with Crippen molar-refractivity contribution in [3.63, 3.8) is 0 Å². The summed E-state index contributed by atoms with van der Waals surface area (Å²) in [5, 5.41) is 0. The highest BCUT2D eigenvalue weighted by Crippen LogP contribution is 2.23. The molecule has 1 atom stereocenters. The van der Waals surface area contributed by atoms with E-state index in [1.807, 2.05) is 42.5 Å². The maximum absolute atomic E-state index is 4.42. The molecule has 1 heterocycles. The lowest BCUT2D eigenvalue weighted by atomic mass is 10.1. The second kappa shape index (κ2) is 4.12. The van der Waals surface area contributed by atoms with Crippen molar-refractivity contribution in [1.29, 1.82) is 0 Å². The summed E-state index contributed by atoms with van der Waals surface area (Å²) < 4.78 is 0. The molecule has 0 N–H and O–H groups in total. The van der Waals surface area contributed by atoms with Crippen LogP contribution in [0, 0.1) is 0 Å². The van der Waals surface area contributed by atoms with Crippen LogP contribution in [0.1, 0.15) is 0 Å². The van der Waals surface area contributed by atoms with Gasteiger partial charge in [-0.2, -0.15) is 0 Å². The van der Waals surface area contributed by atoms with Gasteiger partial charge in [-0.1, -0.05) is 33.5 Å². The van der Waals surface area contributed by atoms with Gasteiger partial charge in [-0.15, -0.1) is 12.6 Å². The standard InChI is InChI=1S/C11H10NPS/c13-11-7-3-5-9(12-11)8-4-1-2-6-10(8)14/h1-7,14H,13H2. The molecule has 2 rings (SSSR count). The van der Waals surface area contributed by atoms with E-state index in [0.717, 1.165) is 21.6 Å². The molecule has 70 valence electrons. The van der Waals surface area contributed by atoms with E-state index in [2.05, 4.69) is 26.9 Å². The van der Waals surface area contributed by atoms with E-state index >= 15 is 0 Å². The molecule has 1 nitrogen and oxygen atoms in total. The average molecular weight is 219 g/mol. The van der Waals surface area contributed by atoms with Crippen LogP contribution in [0.2, 0.25) is 0 Å². The van der Waals surface area contributed by atoms with Gasteiger partial charge in [0.1, 0.15) is 0 Å². The van der Waals surface area contributed by atoms with Crippen LogP contribution in [-0.4, -0.2) is 4.98 Å². The lowest BCUT2D eigenvalue weighted by Crippen LogP contribution is -1.98. The summed E-state index contributed by atoms with van der Waals surface area (Å²) in [6.45, 7) is 0. The molecule has 14 heavy (non-hydrogen) atoms. The van der Waals surface area contributed by atoms with Crippen molar-refractivity contribution in [3.05, 3.63) is 42.5 Å². The first-order valence-corrected chi connectivity index (χ1v) is 5.31. The Bertz CT molecular complexity index is 457. The molecule has 0 saturated carbocycles. The van der Waals surface area contributed by atoms with Gasteiger partial charge < -0.3 is 0 Å². The molecule has 3 heteroatoms. The van der Waals surface area contributed by atoms with Crippen molar-refractivity contribution in [2.24, 2.45) is 0 Å². The third-order valence-electron chi connectivity index (χ3n) is 1.95. The Hall–Kier alpha value is -0.850. The van der Waals surface area contributed by atoms with Gasteiger partial charge in [-0.25, -0.2) is 4.98 Å². The summed E-state index contributed by atoms with van der Waals surface area (Å²) in [7, 11) is 2.59. The fraction of sp³-hybridized carbons (Fsp3) is 0. The van der Waals surface area contributed by atoms with Crippen LogP contribution in [0.25, 0.3) is 11.3 Å². The number of aromatic nitrogens is 1. The number of thiol groups is 1. The lowest BCUT2D eigenvalue weighted by Gasteiger charge is -2.04. The third-order valence-corrected chi connectivity index (χ3v) is 2.66. The van der Waals surface area contributed by atoms with Crippen LogP contribution in [-0.2, 0) is 0 Å². The zero-order valence-electron chi connectivity index (χ0n) is 7.51. The van der Waals surface area contributed by atoms with Crippen LogP contribution in [0.4, 0.5) is 0 Å². The average Bonchev–Trinajstić information content (AvgIpc) is 2.18. The van der Waals surface area contributed by atoms with Crippen molar-refractivity contribution in [3.8, 4) is 11.3 Å². The van der Waals surface area contributed by atoms with Crippen LogP contribution >= 0.6 is 21.9 Å². The van der Waals surface area contributed by atoms with Gasteiger partial charge in [0.2, 0.25) is 0 Å². The summed E-state index contributed by atoms with van der Waals surface area (Å²) in [6, 6.07) is 13.9. The Morgan fingerprint density at radius 2 is 1.79 bits per heavy atom. The zero-order valence-corrected chi connectivity index (χ0v) is 9.56. The summed E-state index contributed by atoms with van der Waals surface area (Å²) in [5.74, 6) is 0. The highest BCUT2D eigenvalue weighted by atomic mass is 32.1. The molecule has 0 spiro atoms. The van der Waals surface area contributed by atoms with E-state index < -0.39 is 0 Å². The number of rotatable bonds is 1. The minimum Gasteiger partial charge on any atom is -0.249 e. The molecule has 0 aliphatic rings. The van der Waals surface area contributed by atoms with E-state index in [1.165, 1.54) is 0 Å². The highest BCUT2D eigenvalue weighted by molar-refractivity contribution is 7.80. The largest absolute Gasteiger partial charge is 0.249 e. The van der Waals surface area contributed by atoms with Gasteiger partial charge in [0.05, 0.1) is 11.1 Å². The fourth-order valence-corrected chi connectivity index (χ4v) is 1.82. The molecule has 0 radical (unpaired) electrons. The van der Waals surface area contributed by atoms with Crippen LogP contribution in [0.5, 0.6) is 0 Å². The first-order chi connectivity index (χ1) is 6.77. The molecule has 2 aromatic rings. The van der Waals surface area contributed by atoms with E-state index in [1.54, 1.807) is 0 Å². The summed E-state index contributed by atoms with van der Waals surface area (Å²) in [6.07, 6.45) is 0. The molecule has 0 fully saturated rings. The van der Waals surface area contributed by atoms with Gasteiger partial charge in [-0.05, 0) is 18.2 Å². The third kappa shape index (κ3) is 1.97. The molecule has 0 bridgehead atoms. The normalized spacial score (nSPS) is 10.1. The number of hydrogen-bond acceptors (Lipinski definition) is 2. The molecule has 0 aliphatic carbocycles. The predicted octanol–water partition coefficient (Wildman–Crippen LogP) is 2.54. The van der Waals surface area contributed by atoms with E-state index in [4.69, 9.17) is 0 Å². The van der Waals surface area contributed by atoms with Gasteiger partial charge in [0.15, 0.2) is 0 Å². The van der Waals surface area contributed by atoms with Gasteiger partial charge in [0, 0.05) is 10.5 Å². The van der Waals surface area contributed by atoms with Crippen LogP contribution in [0.3, 0.4) is 0 Å². The fourth-order valence-electron chi connectivity index (χ4n) is 1.29. The van der Waals surface area contributed by atoms with Crippen molar-refractivity contribution in [1.82, 2.24) is 4.98 Å². The van der Waals surface area contributed by atoms with E-state index in [9.17, 15) is 0 Å². The smallest absolute Gasteiger partial charge is 0.0720 e. The molecule has 1 unspecified atom stereocenters. The number of benzene rings is 1. The van der Waals surface area contributed by atoms with E-state index in [0.29, 0.717) is 0 Å². The Morgan fingerprint density at radius 3 is 2.50 bits per heavy atom. The maximum Gasteiger partial charge on any atom is 0.0720 e. The summed E-state index contributed by atoms with van der Waals surface area (Å²) in [4.78, 5) is 5.37. The molecule has 1 aromatic heterocycles. The van der Waals surface area contributed by atoms with Crippen LogP contribution in [0.15, 0.2) is 47.4 Å². The predicted molar refractivity (Wildman–Crippen MR) is 66.3 cm³/mol. The van der Waals surface area contributed by atoms with Crippen molar-refractivity contribution in [2.45, 2.75) is 4.90 Å². The summed E-state index contributed by atoms with van der Waals surface area (Å²) in [5.41, 5.74) is 2.97. The molecule has 1 aromatic carbocycles. The van der Waals surface area contributed by atoms with E-state index in [-0.39, 0.29) is 0 Å². The van der Waals surface area contributed by atoms with Crippen LogP contribution < -0.4 is 5.44 Å². The number of hydrogen-bond donors (Lipinski definition) is 1. The molecule has 0 aliphatic heterocycles. The quantitative estimate of drug-likeness (QED) is 0.574. The second-order valence-corrected chi connectivity index (χ2v) is 4.04. The maximum atomic E-state index is 4.42. The SMILES string of the molecule is Pc1cccc(-c2ccccc2S)n1. The van der Waals surface area contributed by atoms with Crippen molar-refractivity contribution >= 4 is 27.3 Å². The molecule has 0 amide bonds. The monoisotopic (exact) mass is 219 g/mol. The first-order valence-electron chi connectivity index (χ1n) is 4.28. The second-order valence-electron chi connectivity index (χ2n) is 2.96. The van der Waals surface area contributed by atoms with Gasteiger partial charge in [-0.3, -0.25) is 0 Å². The van der Waals surface area contributed by atoms with Crippen molar-refractivity contribution < 1.29 is 0 Å². The molecule has 0 saturated heterocycles. The topological polar surface area (TPSA) is 12.9 Å². The Kier molecular flexibility index (Phi) is 2.85. The molecular weight excluding hydrogens is 209 g/mol. The minimum atomic E-state index is 0.944. The molecular formula is C11H10NPS.